The second-order valence-electron chi connectivity index (χ2n) is 6.51. The number of nitrogens with zero attached hydrogens (tertiary/aromatic N) is 2. The van der Waals surface area contributed by atoms with Crippen LogP contribution < -0.4 is 4.74 Å². The minimum absolute atomic E-state index is 0.0514. The maximum atomic E-state index is 12.3. The summed E-state index contributed by atoms with van der Waals surface area (Å²) in [5.74, 6) is 2.16. The molecular formula is C18H24N2O3S. The Kier molecular flexibility index (Phi) is 5.33. The third-order valence-electron chi connectivity index (χ3n) is 4.73. The van der Waals surface area contributed by atoms with Crippen LogP contribution >= 0.6 is 11.8 Å². The number of ether oxygens (including phenoxy) is 1. The largest absolute Gasteiger partial charge is 0.490 e. The number of aryl methyl sites for hydroxylation is 2. The highest BCUT2D eigenvalue weighted by Crippen LogP contribution is 2.22. The van der Waals surface area contributed by atoms with Crippen molar-refractivity contribution in [2.24, 2.45) is 0 Å². The number of benzene rings is 1. The summed E-state index contributed by atoms with van der Waals surface area (Å²) in [6.45, 7) is 5.79. The number of hydrogen-bond donors (Lipinski definition) is 0. The number of thioether (sulfide) groups is 1. The zero-order valence-electron chi connectivity index (χ0n) is 14.3. The Balaban J connectivity index is 1.47. The number of piperidine rings is 1. The van der Waals surface area contributed by atoms with E-state index in [1.807, 2.05) is 11.0 Å². The fraction of sp³-hybridized carbons (Fsp3) is 0.556. The molecule has 2 heterocycles. The first kappa shape index (κ1) is 17.1. The molecule has 0 aliphatic carbocycles. The first-order valence-corrected chi connectivity index (χ1v) is 9.55. The van der Waals surface area contributed by atoms with Crippen LogP contribution in [0.15, 0.2) is 18.2 Å². The third-order valence-corrected chi connectivity index (χ3v) is 5.67. The van der Waals surface area contributed by atoms with E-state index in [4.69, 9.17) is 4.74 Å². The molecule has 2 fully saturated rings. The summed E-state index contributed by atoms with van der Waals surface area (Å²) in [4.78, 5) is 27.4. The average molecular weight is 348 g/mol. The van der Waals surface area contributed by atoms with Gasteiger partial charge in [0.2, 0.25) is 11.8 Å². The topological polar surface area (TPSA) is 49.9 Å². The van der Waals surface area contributed by atoms with Crippen LogP contribution in [-0.2, 0) is 9.59 Å². The van der Waals surface area contributed by atoms with Gasteiger partial charge in [0.05, 0.1) is 11.6 Å². The van der Waals surface area contributed by atoms with E-state index >= 15 is 0 Å². The third kappa shape index (κ3) is 4.04. The van der Waals surface area contributed by atoms with E-state index in [0.717, 1.165) is 18.6 Å². The van der Waals surface area contributed by atoms with E-state index in [9.17, 15) is 9.59 Å². The molecule has 2 amide bonds. The maximum absolute atomic E-state index is 12.3. The highest BCUT2D eigenvalue weighted by Gasteiger charge is 2.28. The van der Waals surface area contributed by atoms with Crippen LogP contribution in [0.4, 0.5) is 0 Å². The Hall–Kier alpha value is -1.69. The number of likely N-dealkylation sites (tertiary alicyclic amines) is 1. The van der Waals surface area contributed by atoms with E-state index in [-0.39, 0.29) is 24.5 Å². The van der Waals surface area contributed by atoms with E-state index in [2.05, 4.69) is 26.0 Å². The van der Waals surface area contributed by atoms with Gasteiger partial charge in [-0.25, -0.2) is 0 Å². The van der Waals surface area contributed by atoms with Crippen LogP contribution in [0.1, 0.15) is 24.0 Å². The van der Waals surface area contributed by atoms with Crippen molar-refractivity contribution in [1.82, 2.24) is 9.80 Å². The molecule has 2 aliphatic heterocycles. The summed E-state index contributed by atoms with van der Waals surface area (Å²) in [6.07, 6.45) is 1.82. The fourth-order valence-corrected chi connectivity index (χ4v) is 3.91. The molecule has 0 N–H and O–H groups in total. The minimum atomic E-state index is 0.0514. The Morgan fingerprint density at radius 2 is 2.00 bits per heavy atom. The minimum Gasteiger partial charge on any atom is -0.490 e. The van der Waals surface area contributed by atoms with Gasteiger partial charge in [0, 0.05) is 25.9 Å². The maximum Gasteiger partial charge on any atom is 0.242 e. The second-order valence-corrected chi connectivity index (χ2v) is 7.47. The van der Waals surface area contributed by atoms with Gasteiger partial charge in [0.1, 0.15) is 18.4 Å². The van der Waals surface area contributed by atoms with Gasteiger partial charge >= 0.3 is 0 Å². The lowest BCUT2D eigenvalue weighted by Crippen LogP contribution is -2.46. The molecule has 1 aromatic carbocycles. The first-order valence-electron chi connectivity index (χ1n) is 8.40. The number of hydrogen-bond acceptors (Lipinski definition) is 4. The molecule has 6 heteroatoms. The molecule has 5 nitrogen and oxygen atoms in total. The van der Waals surface area contributed by atoms with Gasteiger partial charge in [-0.05, 0) is 37.1 Å². The van der Waals surface area contributed by atoms with Crippen LogP contribution in [0.25, 0.3) is 0 Å². The summed E-state index contributed by atoms with van der Waals surface area (Å²) in [5.41, 5.74) is 2.49. The highest BCUT2D eigenvalue weighted by molar-refractivity contribution is 8.00. The molecule has 0 spiro atoms. The van der Waals surface area contributed by atoms with E-state index in [0.29, 0.717) is 24.7 Å². The predicted octanol–water partition coefficient (Wildman–Crippen LogP) is 2.21. The highest BCUT2D eigenvalue weighted by atomic mass is 32.2. The Morgan fingerprint density at radius 3 is 2.62 bits per heavy atom. The zero-order valence-corrected chi connectivity index (χ0v) is 15.1. The average Bonchev–Trinajstić information content (AvgIpc) is 2.97. The fourth-order valence-electron chi connectivity index (χ4n) is 3.01. The van der Waals surface area contributed by atoms with Crippen molar-refractivity contribution >= 4 is 23.6 Å². The Morgan fingerprint density at radius 1 is 1.25 bits per heavy atom. The predicted molar refractivity (Wildman–Crippen MR) is 95.2 cm³/mol. The van der Waals surface area contributed by atoms with E-state index < -0.39 is 0 Å². The van der Waals surface area contributed by atoms with Gasteiger partial charge in [-0.15, -0.1) is 11.8 Å². The quantitative estimate of drug-likeness (QED) is 0.837. The summed E-state index contributed by atoms with van der Waals surface area (Å²) >= 11 is 1.57. The second kappa shape index (κ2) is 7.47. The molecule has 0 saturated carbocycles. The van der Waals surface area contributed by atoms with Crippen LogP contribution in [0.5, 0.6) is 5.75 Å². The molecule has 24 heavy (non-hydrogen) atoms. The molecule has 1 aromatic rings. The van der Waals surface area contributed by atoms with Gasteiger partial charge in [0.25, 0.3) is 0 Å². The lowest BCUT2D eigenvalue weighted by Gasteiger charge is -2.33. The van der Waals surface area contributed by atoms with Gasteiger partial charge in [0.15, 0.2) is 0 Å². The number of carbonyl (C=O) groups excluding carboxylic acids is 2. The number of carbonyl (C=O) groups is 2. The summed E-state index contributed by atoms with van der Waals surface area (Å²) in [5, 5.41) is 0. The van der Waals surface area contributed by atoms with Gasteiger partial charge < -0.3 is 14.5 Å². The summed E-state index contributed by atoms with van der Waals surface area (Å²) in [7, 11) is 0. The molecule has 0 bridgehead atoms. The Labute approximate surface area is 147 Å². The molecule has 0 aromatic heterocycles. The van der Waals surface area contributed by atoms with Crippen molar-refractivity contribution in [2.45, 2.75) is 32.8 Å². The van der Waals surface area contributed by atoms with Crippen molar-refractivity contribution < 1.29 is 14.3 Å². The van der Waals surface area contributed by atoms with Crippen molar-refractivity contribution in [3.8, 4) is 5.75 Å². The normalized spacial score (nSPS) is 19.0. The van der Waals surface area contributed by atoms with E-state index in [1.54, 1.807) is 16.7 Å². The number of amides is 2. The van der Waals surface area contributed by atoms with Crippen molar-refractivity contribution in [3.63, 3.8) is 0 Å². The lowest BCUT2D eigenvalue weighted by molar-refractivity contribution is -0.139. The van der Waals surface area contributed by atoms with Gasteiger partial charge in [-0.2, -0.15) is 0 Å². The SMILES string of the molecule is Cc1ccc(OC2CCN(C(=O)CN3CSCC3=O)CC2)cc1C. The first-order chi connectivity index (χ1) is 11.5. The molecule has 0 atom stereocenters. The van der Waals surface area contributed by atoms with Gasteiger partial charge in [-0.1, -0.05) is 6.07 Å². The summed E-state index contributed by atoms with van der Waals surface area (Å²) in [6, 6.07) is 6.16. The van der Waals surface area contributed by atoms with Crippen LogP contribution in [0.3, 0.4) is 0 Å². The smallest absolute Gasteiger partial charge is 0.242 e. The van der Waals surface area contributed by atoms with Crippen molar-refractivity contribution in [2.75, 3.05) is 31.3 Å². The van der Waals surface area contributed by atoms with Crippen LogP contribution in [0.2, 0.25) is 0 Å². The van der Waals surface area contributed by atoms with Crippen LogP contribution in [-0.4, -0.2) is 59.0 Å². The molecular weight excluding hydrogens is 324 g/mol. The van der Waals surface area contributed by atoms with E-state index in [1.165, 1.54) is 11.1 Å². The lowest BCUT2D eigenvalue weighted by atomic mass is 10.1. The van der Waals surface area contributed by atoms with Gasteiger partial charge in [-0.3, -0.25) is 9.59 Å². The van der Waals surface area contributed by atoms with Crippen molar-refractivity contribution in [3.05, 3.63) is 29.3 Å². The molecule has 2 aliphatic rings. The molecule has 0 radical (unpaired) electrons. The zero-order chi connectivity index (χ0) is 17.1. The monoisotopic (exact) mass is 348 g/mol. The van der Waals surface area contributed by atoms with Crippen LogP contribution in [0, 0.1) is 13.8 Å². The number of rotatable bonds is 4. The van der Waals surface area contributed by atoms with Crippen molar-refractivity contribution in [1.29, 1.82) is 0 Å². The summed E-state index contributed by atoms with van der Waals surface area (Å²) < 4.78 is 6.06. The molecule has 130 valence electrons. The molecule has 2 saturated heterocycles. The molecule has 3 rings (SSSR count). The molecule has 0 unspecified atom stereocenters. The Bertz CT molecular complexity index is 627. The standard InChI is InChI=1S/C18H24N2O3S/c1-13-3-4-16(9-14(13)2)23-15-5-7-19(8-6-15)17(21)10-20-12-24-11-18(20)22/h3-4,9,15H,5-8,10-12H2,1-2H3.